The Balaban J connectivity index is 2.05. The number of nitrogens with zero attached hydrogens (tertiary/aromatic N) is 2. The molecule has 2 rings (SSSR count). The fourth-order valence-electron chi connectivity index (χ4n) is 2.66. The standard InChI is InChI=1S/C15H25N3O2S/c1-10(2)12-8-14(18(3)17-12)15(20)16-13(9-19)11-4-6-21-7-5-11/h8,10-11,13,19H,4-7,9H2,1-3H3,(H,16,20)/t13-/m0/s1. The highest BCUT2D eigenvalue weighted by molar-refractivity contribution is 7.99. The van der Waals surface area contributed by atoms with Gasteiger partial charge in [0, 0.05) is 7.05 Å². The van der Waals surface area contributed by atoms with Crippen molar-refractivity contribution in [1.29, 1.82) is 0 Å². The third-order valence-corrected chi connectivity index (χ3v) is 5.12. The zero-order valence-corrected chi connectivity index (χ0v) is 13.8. The molecule has 1 aromatic heterocycles. The van der Waals surface area contributed by atoms with Gasteiger partial charge in [0.25, 0.3) is 5.91 Å². The van der Waals surface area contributed by atoms with E-state index in [0.29, 0.717) is 17.5 Å². The molecule has 1 amide bonds. The van der Waals surface area contributed by atoms with Crippen LogP contribution in [0.1, 0.15) is 48.8 Å². The van der Waals surface area contributed by atoms with Gasteiger partial charge in [-0.05, 0) is 42.2 Å². The summed E-state index contributed by atoms with van der Waals surface area (Å²) in [7, 11) is 1.78. The summed E-state index contributed by atoms with van der Waals surface area (Å²) >= 11 is 1.94. The summed E-state index contributed by atoms with van der Waals surface area (Å²) in [5, 5.41) is 16.9. The lowest BCUT2D eigenvalue weighted by molar-refractivity contribution is 0.0875. The van der Waals surface area contributed by atoms with E-state index < -0.39 is 0 Å². The van der Waals surface area contributed by atoms with E-state index in [0.717, 1.165) is 30.0 Å². The van der Waals surface area contributed by atoms with Crippen LogP contribution in [0.25, 0.3) is 0 Å². The number of carbonyl (C=O) groups excluding carboxylic acids is 1. The molecule has 118 valence electrons. The third-order valence-electron chi connectivity index (χ3n) is 4.07. The van der Waals surface area contributed by atoms with E-state index in [1.807, 2.05) is 17.8 Å². The first-order chi connectivity index (χ1) is 10.0. The predicted molar refractivity (Wildman–Crippen MR) is 85.7 cm³/mol. The molecule has 5 nitrogen and oxygen atoms in total. The molecule has 21 heavy (non-hydrogen) atoms. The zero-order valence-electron chi connectivity index (χ0n) is 13.0. The van der Waals surface area contributed by atoms with Crippen molar-refractivity contribution in [2.75, 3.05) is 18.1 Å². The smallest absolute Gasteiger partial charge is 0.269 e. The molecular formula is C15H25N3O2S. The third kappa shape index (κ3) is 4.01. The molecular weight excluding hydrogens is 286 g/mol. The molecule has 0 saturated carbocycles. The number of aromatic nitrogens is 2. The summed E-state index contributed by atoms with van der Waals surface area (Å²) in [5.41, 5.74) is 1.47. The van der Waals surface area contributed by atoms with Crippen LogP contribution in [-0.4, -0.2) is 44.9 Å². The summed E-state index contributed by atoms with van der Waals surface area (Å²) in [6, 6.07) is 1.68. The SMILES string of the molecule is CC(C)c1cc(C(=O)N[C@@H](CO)C2CCSCC2)n(C)n1. The Kier molecular flexibility index (Phi) is 5.70. The number of amides is 1. The Bertz CT molecular complexity index is 481. The van der Waals surface area contributed by atoms with E-state index in [4.69, 9.17) is 0 Å². The Morgan fingerprint density at radius 3 is 2.71 bits per heavy atom. The van der Waals surface area contributed by atoms with Crippen LogP contribution in [0.5, 0.6) is 0 Å². The average molecular weight is 311 g/mol. The monoisotopic (exact) mass is 311 g/mol. The zero-order chi connectivity index (χ0) is 15.4. The van der Waals surface area contributed by atoms with Crippen molar-refractivity contribution in [3.8, 4) is 0 Å². The average Bonchev–Trinajstić information content (AvgIpc) is 2.88. The van der Waals surface area contributed by atoms with E-state index in [2.05, 4.69) is 24.3 Å². The van der Waals surface area contributed by atoms with Gasteiger partial charge in [-0.1, -0.05) is 13.8 Å². The minimum Gasteiger partial charge on any atom is -0.394 e. The molecule has 0 bridgehead atoms. The minimum absolute atomic E-state index is 0.00401. The van der Waals surface area contributed by atoms with Crippen LogP contribution in [0.2, 0.25) is 0 Å². The Morgan fingerprint density at radius 1 is 1.52 bits per heavy atom. The second-order valence-electron chi connectivity index (χ2n) is 5.95. The number of rotatable bonds is 5. The lowest BCUT2D eigenvalue weighted by atomic mass is 9.94. The van der Waals surface area contributed by atoms with Crippen molar-refractivity contribution in [2.45, 2.75) is 38.6 Å². The number of hydrogen-bond acceptors (Lipinski definition) is 4. The predicted octanol–water partition coefficient (Wildman–Crippen LogP) is 1.78. The second-order valence-corrected chi connectivity index (χ2v) is 7.17. The number of carbonyl (C=O) groups is 1. The Hall–Kier alpha value is -1.01. The lowest BCUT2D eigenvalue weighted by Gasteiger charge is -2.29. The highest BCUT2D eigenvalue weighted by Crippen LogP contribution is 2.25. The van der Waals surface area contributed by atoms with Crippen molar-refractivity contribution in [3.05, 3.63) is 17.5 Å². The van der Waals surface area contributed by atoms with Crippen molar-refractivity contribution in [3.63, 3.8) is 0 Å². The van der Waals surface area contributed by atoms with Crippen LogP contribution >= 0.6 is 11.8 Å². The van der Waals surface area contributed by atoms with Gasteiger partial charge in [0.1, 0.15) is 5.69 Å². The number of aliphatic hydroxyl groups is 1. The highest BCUT2D eigenvalue weighted by Gasteiger charge is 2.26. The summed E-state index contributed by atoms with van der Waals surface area (Å²) in [6.07, 6.45) is 2.11. The summed E-state index contributed by atoms with van der Waals surface area (Å²) in [5.74, 6) is 2.74. The van der Waals surface area contributed by atoms with Crippen LogP contribution in [0, 0.1) is 5.92 Å². The van der Waals surface area contributed by atoms with E-state index in [-0.39, 0.29) is 18.6 Å². The molecule has 1 fully saturated rings. The second kappa shape index (κ2) is 7.31. The minimum atomic E-state index is -0.157. The van der Waals surface area contributed by atoms with Crippen molar-refractivity contribution < 1.29 is 9.90 Å². The van der Waals surface area contributed by atoms with Crippen LogP contribution in [0.4, 0.5) is 0 Å². The van der Waals surface area contributed by atoms with Gasteiger partial charge in [-0.2, -0.15) is 16.9 Å². The van der Waals surface area contributed by atoms with Crippen LogP contribution in [0.15, 0.2) is 6.07 Å². The molecule has 1 aliphatic heterocycles. The van der Waals surface area contributed by atoms with Crippen molar-refractivity contribution >= 4 is 17.7 Å². The summed E-state index contributed by atoms with van der Waals surface area (Å²) in [4.78, 5) is 12.4. The molecule has 0 aromatic carbocycles. The maximum atomic E-state index is 12.4. The molecule has 1 aromatic rings. The Labute approximate surface area is 130 Å². The molecule has 1 aliphatic rings. The molecule has 0 aliphatic carbocycles. The molecule has 0 radical (unpaired) electrons. The number of nitrogens with one attached hydrogen (secondary N) is 1. The van der Waals surface area contributed by atoms with Gasteiger partial charge < -0.3 is 10.4 Å². The molecule has 2 N–H and O–H groups in total. The first kappa shape index (κ1) is 16.4. The van der Waals surface area contributed by atoms with Gasteiger partial charge in [-0.25, -0.2) is 0 Å². The first-order valence-electron chi connectivity index (χ1n) is 7.56. The number of aliphatic hydroxyl groups excluding tert-OH is 1. The van der Waals surface area contributed by atoms with Gasteiger partial charge in [0.05, 0.1) is 18.3 Å². The number of aryl methyl sites for hydroxylation is 1. The van der Waals surface area contributed by atoms with Crippen LogP contribution in [0.3, 0.4) is 0 Å². The van der Waals surface area contributed by atoms with Gasteiger partial charge in [-0.3, -0.25) is 9.48 Å². The molecule has 1 atom stereocenters. The highest BCUT2D eigenvalue weighted by atomic mass is 32.2. The van der Waals surface area contributed by atoms with Crippen molar-refractivity contribution in [1.82, 2.24) is 15.1 Å². The number of thioether (sulfide) groups is 1. The van der Waals surface area contributed by atoms with E-state index in [1.165, 1.54) is 0 Å². The molecule has 6 heteroatoms. The Morgan fingerprint density at radius 2 is 2.19 bits per heavy atom. The molecule has 0 spiro atoms. The number of hydrogen-bond donors (Lipinski definition) is 2. The maximum Gasteiger partial charge on any atom is 0.269 e. The van der Waals surface area contributed by atoms with Crippen molar-refractivity contribution in [2.24, 2.45) is 13.0 Å². The van der Waals surface area contributed by atoms with Gasteiger partial charge in [0.15, 0.2) is 0 Å². The summed E-state index contributed by atoms with van der Waals surface area (Å²) in [6.45, 7) is 4.11. The molecule has 0 unspecified atom stereocenters. The fraction of sp³-hybridized carbons (Fsp3) is 0.733. The van der Waals surface area contributed by atoms with Crippen LogP contribution in [-0.2, 0) is 7.05 Å². The fourth-order valence-corrected chi connectivity index (χ4v) is 3.80. The lowest BCUT2D eigenvalue weighted by Crippen LogP contribution is -2.44. The first-order valence-corrected chi connectivity index (χ1v) is 8.71. The molecule has 1 saturated heterocycles. The van der Waals surface area contributed by atoms with Gasteiger partial charge in [-0.15, -0.1) is 0 Å². The normalized spacial score (nSPS) is 18.0. The molecule has 2 heterocycles. The van der Waals surface area contributed by atoms with E-state index in [9.17, 15) is 9.90 Å². The van der Waals surface area contributed by atoms with Gasteiger partial charge in [0.2, 0.25) is 0 Å². The van der Waals surface area contributed by atoms with E-state index >= 15 is 0 Å². The maximum absolute atomic E-state index is 12.4. The van der Waals surface area contributed by atoms with E-state index in [1.54, 1.807) is 11.7 Å². The quantitative estimate of drug-likeness (QED) is 0.870. The summed E-state index contributed by atoms with van der Waals surface area (Å²) < 4.78 is 1.62. The topological polar surface area (TPSA) is 67.2 Å². The van der Waals surface area contributed by atoms with Crippen LogP contribution < -0.4 is 5.32 Å². The van der Waals surface area contributed by atoms with Gasteiger partial charge >= 0.3 is 0 Å². The largest absolute Gasteiger partial charge is 0.394 e.